The van der Waals surface area contributed by atoms with E-state index < -0.39 is 18.5 Å². The van der Waals surface area contributed by atoms with Crippen LogP contribution >= 0.6 is 11.6 Å². The lowest BCUT2D eigenvalue weighted by atomic mass is 10.1. The SMILES string of the molecule is C[C@@H](NC(=O)COC(=O)c1cn[nH]c1-c1ccc(Cl)cc1)c1ccco1. The summed E-state index contributed by atoms with van der Waals surface area (Å²) in [7, 11) is 0. The molecule has 0 radical (unpaired) electrons. The largest absolute Gasteiger partial charge is 0.467 e. The number of aromatic amines is 1. The van der Waals surface area contributed by atoms with Crippen molar-refractivity contribution in [2.75, 3.05) is 6.61 Å². The van der Waals surface area contributed by atoms with Crippen LogP contribution < -0.4 is 5.32 Å². The summed E-state index contributed by atoms with van der Waals surface area (Å²) in [4.78, 5) is 24.2. The molecule has 26 heavy (non-hydrogen) atoms. The number of hydrogen-bond donors (Lipinski definition) is 2. The van der Waals surface area contributed by atoms with Crippen LogP contribution in [0.3, 0.4) is 0 Å². The van der Waals surface area contributed by atoms with Crippen molar-refractivity contribution in [2.45, 2.75) is 13.0 Å². The van der Waals surface area contributed by atoms with E-state index >= 15 is 0 Å². The number of carbonyl (C=O) groups excluding carboxylic acids is 2. The number of carbonyl (C=O) groups is 2. The van der Waals surface area contributed by atoms with Gasteiger partial charge in [-0.1, -0.05) is 23.7 Å². The third-order valence-corrected chi connectivity index (χ3v) is 3.93. The third kappa shape index (κ3) is 4.12. The average Bonchev–Trinajstić information content (AvgIpc) is 3.32. The van der Waals surface area contributed by atoms with E-state index in [4.69, 9.17) is 20.8 Å². The zero-order valence-electron chi connectivity index (χ0n) is 13.9. The Morgan fingerprint density at radius 1 is 1.31 bits per heavy atom. The van der Waals surface area contributed by atoms with Crippen molar-refractivity contribution in [3.8, 4) is 11.3 Å². The molecule has 0 spiro atoms. The number of rotatable bonds is 6. The summed E-state index contributed by atoms with van der Waals surface area (Å²) in [6, 6.07) is 10.1. The van der Waals surface area contributed by atoms with E-state index in [1.165, 1.54) is 12.5 Å². The van der Waals surface area contributed by atoms with Crippen LogP contribution in [0.15, 0.2) is 53.3 Å². The molecule has 2 heterocycles. The van der Waals surface area contributed by atoms with Crippen LogP contribution in [0.2, 0.25) is 5.02 Å². The van der Waals surface area contributed by atoms with E-state index in [-0.39, 0.29) is 11.6 Å². The normalized spacial score (nSPS) is 11.8. The standard InChI is InChI=1S/C18H16ClN3O4/c1-11(15-3-2-8-25-15)21-16(23)10-26-18(24)14-9-20-22-17(14)12-4-6-13(19)7-5-12/h2-9,11H,10H2,1H3,(H,20,22)(H,21,23)/t11-/m1/s1. The van der Waals surface area contributed by atoms with Gasteiger partial charge in [-0.2, -0.15) is 5.10 Å². The number of furan rings is 1. The molecule has 0 fully saturated rings. The average molecular weight is 374 g/mol. The van der Waals surface area contributed by atoms with Gasteiger partial charge in [-0.15, -0.1) is 0 Å². The van der Waals surface area contributed by atoms with Crippen molar-refractivity contribution >= 4 is 23.5 Å². The second-order valence-corrected chi connectivity index (χ2v) is 5.98. The van der Waals surface area contributed by atoms with E-state index in [1.54, 1.807) is 43.3 Å². The van der Waals surface area contributed by atoms with Gasteiger partial charge < -0.3 is 14.5 Å². The fourth-order valence-electron chi connectivity index (χ4n) is 2.38. The number of ether oxygens (including phenoxy) is 1. The van der Waals surface area contributed by atoms with Gasteiger partial charge in [0.2, 0.25) is 0 Å². The maximum absolute atomic E-state index is 12.3. The second kappa shape index (κ2) is 7.88. The van der Waals surface area contributed by atoms with Crippen molar-refractivity contribution < 1.29 is 18.7 Å². The van der Waals surface area contributed by atoms with Gasteiger partial charge in [-0.25, -0.2) is 4.79 Å². The van der Waals surface area contributed by atoms with Gasteiger partial charge in [-0.05, 0) is 31.2 Å². The van der Waals surface area contributed by atoms with Gasteiger partial charge in [0, 0.05) is 10.6 Å². The predicted molar refractivity (Wildman–Crippen MR) is 94.6 cm³/mol. The highest BCUT2D eigenvalue weighted by Gasteiger charge is 2.19. The van der Waals surface area contributed by atoms with E-state index in [0.717, 1.165) is 5.56 Å². The van der Waals surface area contributed by atoms with Crippen LogP contribution in [-0.4, -0.2) is 28.7 Å². The number of aromatic nitrogens is 2. The molecule has 0 aliphatic carbocycles. The van der Waals surface area contributed by atoms with E-state index in [0.29, 0.717) is 16.5 Å². The fraction of sp³-hybridized carbons (Fsp3) is 0.167. The Morgan fingerprint density at radius 3 is 2.77 bits per heavy atom. The molecule has 0 aliphatic heterocycles. The highest BCUT2D eigenvalue weighted by molar-refractivity contribution is 6.30. The van der Waals surface area contributed by atoms with Crippen molar-refractivity contribution in [3.63, 3.8) is 0 Å². The highest BCUT2D eigenvalue weighted by atomic mass is 35.5. The van der Waals surface area contributed by atoms with Gasteiger partial charge in [0.15, 0.2) is 6.61 Å². The lowest BCUT2D eigenvalue weighted by Crippen LogP contribution is -2.31. The summed E-state index contributed by atoms with van der Waals surface area (Å²) in [5.41, 5.74) is 1.46. The van der Waals surface area contributed by atoms with E-state index in [2.05, 4.69) is 15.5 Å². The summed E-state index contributed by atoms with van der Waals surface area (Å²) in [6.07, 6.45) is 2.88. The number of esters is 1. The number of halogens is 1. The maximum Gasteiger partial charge on any atom is 0.342 e. The number of amides is 1. The minimum atomic E-state index is -0.649. The molecule has 1 atom stereocenters. The first-order valence-electron chi connectivity index (χ1n) is 7.84. The number of benzene rings is 1. The highest BCUT2D eigenvalue weighted by Crippen LogP contribution is 2.23. The van der Waals surface area contributed by atoms with E-state index in [9.17, 15) is 9.59 Å². The van der Waals surface area contributed by atoms with Gasteiger partial charge in [0.25, 0.3) is 5.91 Å². The summed E-state index contributed by atoms with van der Waals surface area (Å²) < 4.78 is 10.3. The lowest BCUT2D eigenvalue weighted by Gasteiger charge is -2.11. The zero-order valence-corrected chi connectivity index (χ0v) is 14.6. The Bertz CT molecular complexity index is 888. The molecule has 7 nitrogen and oxygen atoms in total. The monoisotopic (exact) mass is 373 g/mol. The van der Waals surface area contributed by atoms with Gasteiger partial charge in [-0.3, -0.25) is 9.89 Å². The fourth-order valence-corrected chi connectivity index (χ4v) is 2.50. The molecular weight excluding hydrogens is 358 g/mol. The summed E-state index contributed by atoms with van der Waals surface area (Å²) >= 11 is 5.87. The van der Waals surface area contributed by atoms with Crippen LogP contribution in [0, 0.1) is 0 Å². The Labute approximate surface area is 154 Å². The van der Waals surface area contributed by atoms with Crippen LogP contribution in [0.25, 0.3) is 11.3 Å². The summed E-state index contributed by atoms with van der Waals surface area (Å²) in [5, 5.41) is 9.90. The molecule has 3 aromatic rings. The Hall–Kier alpha value is -3.06. The van der Waals surface area contributed by atoms with Crippen LogP contribution in [0.1, 0.15) is 29.1 Å². The molecule has 0 saturated carbocycles. The third-order valence-electron chi connectivity index (χ3n) is 3.67. The number of nitrogens with zero attached hydrogens (tertiary/aromatic N) is 1. The number of nitrogens with one attached hydrogen (secondary N) is 2. The first-order chi connectivity index (χ1) is 12.5. The predicted octanol–water partition coefficient (Wildman–Crippen LogP) is 3.36. The molecule has 2 N–H and O–H groups in total. The van der Waals surface area contributed by atoms with E-state index in [1.807, 2.05) is 0 Å². The number of H-pyrrole nitrogens is 1. The molecule has 1 amide bonds. The molecule has 0 aliphatic rings. The van der Waals surface area contributed by atoms with Crippen molar-refractivity contribution in [2.24, 2.45) is 0 Å². The maximum atomic E-state index is 12.3. The van der Waals surface area contributed by atoms with Crippen molar-refractivity contribution in [3.05, 3.63) is 65.2 Å². The molecule has 0 saturated heterocycles. The van der Waals surface area contributed by atoms with Crippen molar-refractivity contribution in [1.29, 1.82) is 0 Å². The van der Waals surface area contributed by atoms with Gasteiger partial charge >= 0.3 is 5.97 Å². The van der Waals surface area contributed by atoms with Gasteiger partial charge in [0.1, 0.15) is 11.3 Å². The topological polar surface area (TPSA) is 97.2 Å². The molecule has 3 rings (SSSR count). The molecule has 134 valence electrons. The van der Waals surface area contributed by atoms with Crippen LogP contribution in [0.5, 0.6) is 0 Å². The Kier molecular flexibility index (Phi) is 5.38. The second-order valence-electron chi connectivity index (χ2n) is 5.55. The van der Waals surface area contributed by atoms with Crippen LogP contribution in [-0.2, 0) is 9.53 Å². The molecule has 1 aromatic carbocycles. The van der Waals surface area contributed by atoms with Crippen molar-refractivity contribution in [1.82, 2.24) is 15.5 Å². The summed E-state index contributed by atoms with van der Waals surface area (Å²) in [5.74, 6) is -0.465. The minimum Gasteiger partial charge on any atom is -0.467 e. The molecular formula is C18H16ClN3O4. The first-order valence-corrected chi connectivity index (χ1v) is 8.21. The molecule has 0 unspecified atom stereocenters. The molecule has 8 heteroatoms. The Morgan fingerprint density at radius 2 is 2.08 bits per heavy atom. The molecule has 2 aromatic heterocycles. The quantitative estimate of drug-likeness (QED) is 0.646. The summed E-state index contributed by atoms with van der Waals surface area (Å²) in [6.45, 7) is 1.36. The first kappa shape index (κ1) is 17.8. The number of hydrogen-bond acceptors (Lipinski definition) is 5. The smallest absolute Gasteiger partial charge is 0.342 e. The lowest BCUT2D eigenvalue weighted by molar-refractivity contribution is -0.125. The molecule has 0 bridgehead atoms. The van der Waals surface area contributed by atoms with Crippen LogP contribution in [0.4, 0.5) is 0 Å². The van der Waals surface area contributed by atoms with Gasteiger partial charge in [0.05, 0.1) is 24.2 Å². The minimum absolute atomic E-state index is 0.235. The Balaban J connectivity index is 1.60. The zero-order chi connectivity index (χ0) is 18.5.